The van der Waals surface area contributed by atoms with Gasteiger partial charge in [-0.1, -0.05) is 49.6 Å². The summed E-state index contributed by atoms with van der Waals surface area (Å²) in [6.45, 7) is 1.87. The molecule has 8 heteroatoms. The van der Waals surface area contributed by atoms with Gasteiger partial charge in [-0.05, 0) is 35.8 Å². The van der Waals surface area contributed by atoms with Crippen LogP contribution in [-0.2, 0) is 16.0 Å². The summed E-state index contributed by atoms with van der Waals surface area (Å²) in [4.78, 5) is 24.8. The Kier molecular flexibility index (Phi) is 5.83. The first-order chi connectivity index (χ1) is 13.0. The Morgan fingerprint density at radius 1 is 1.22 bits per heavy atom. The van der Waals surface area contributed by atoms with E-state index < -0.39 is 17.4 Å². The van der Waals surface area contributed by atoms with Crippen LogP contribution < -0.4 is 5.32 Å². The number of aryl methyl sites for hydroxylation is 1. The highest BCUT2D eigenvalue weighted by Crippen LogP contribution is 2.36. The summed E-state index contributed by atoms with van der Waals surface area (Å²) in [5.74, 6) is -0.558. The molecular weight excluding hydrogens is 346 g/mol. The summed E-state index contributed by atoms with van der Waals surface area (Å²) in [5, 5.41) is 24.1. The average molecular weight is 371 g/mol. The molecule has 1 saturated carbocycles. The van der Waals surface area contributed by atoms with E-state index in [2.05, 4.69) is 20.8 Å². The second-order valence-corrected chi connectivity index (χ2v) is 7.24. The summed E-state index contributed by atoms with van der Waals surface area (Å²) in [6.07, 6.45) is 4.41. The zero-order valence-electron chi connectivity index (χ0n) is 15.5. The number of rotatable bonds is 7. The Labute approximate surface area is 158 Å². The average Bonchev–Trinajstić information content (AvgIpc) is 3.11. The number of amides is 1. The van der Waals surface area contributed by atoms with Gasteiger partial charge in [0.25, 0.3) is 0 Å². The summed E-state index contributed by atoms with van der Waals surface area (Å²) >= 11 is 0. The minimum atomic E-state index is -0.874. The molecule has 27 heavy (non-hydrogen) atoms. The van der Waals surface area contributed by atoms with Crippen LogP contribution in [0, 0.1) is 12.3 Å². The van der Waals surface area contributed by atoms with Crippen molar-refractivity contribution in [2.24, 2.45) is 5.41 Å². The lowest BCUT2D eigenvalue weighted by Crippen LogP contribution is -2.46. The fourth-order valence-electron chi connectivity index (χ4n) is 3.72. The van der Waals surface area contributed by atoms with Gasteiger partial charge in [-0.15, -0.1) is 5.10 Å². The highest BCUT2D eigenvalue weighted by Gasteiger charge is 2.40. The van der Waals surface area contributed by atoms with Crippen molar-refractivity contribution in [3.63, 3.8) is 0 Å². The molecule has 3 rings (SSSR count). The predicted molar refractivity (Wildman–Crippen MR) is 97.9 cm³/mol. The van der Waals surface area contributed by atoms with Crippen molar-refractivity contribution < 1.29 is 14.7 Å². The highest BCUT2D eigenvalue weighted by atomic mass is 16.4. The van der Waals surface area contributed by atoms with Crippen molar-refractivity contribution >= 4 is 11.9 Å². The van der Waals surface area contributed by atoms with Crippen molar-refractivity contribution in [2.45, 2.75) is 51.5 Å². The summed E-state index contributed by atoms with van der Waals surface area (Å²) in [5.41, 5.74) is 0.110. The predicted octanol–water partition coefficient (Wildman–Crippen LogP) is 1.92. The number of hydrogen-bond donors (Lipinski definition) is 2. The van der Waals surface area contributed by atoms with E-state index in [1.807, 2.05) is 30.3 Å². The molecule has 0 radical (unpaired) electrons. The normalized spacial score (nSPS) is 17.2. The molecule has 1 amide bonds. The first-order valence-corrected chi connectivity index (χ1v) is 9.31. The van der Waals surface area contributed by atoms with Crippen molar-refractivity contribution in [3.05, 3.63) is 41.7 Å². The van der Waals surface area contributed by atoms with E-state index in [-0.39, 0.29) is 12.5 Å². The maximum Gasteiger partial charge on any atom is 0.311 e. The lowest BCUT2D eigenvalue weighted by Gasteiger charge is -2.33. The van der Waals surface area contributed by atoms with E-state index in [1.165, 1.54) is 4.68 Å². The van der Waals surface area contributed by atoms with E-state index >= 15 is 0 Å². The van der Waals surface area contributed by atoms with Gasteiger partial charge in [0.1, 0.15) is 11.9 Å². The van der Waals surface area contributed by atoms with Gasteiger partial charge in [-0.2, -0.15) is 0 Å². The Morgan fingerprint density at radius 2 is 1.93 bits per heavy atom. The molecule has 0 spiro atoms. The lowest BCUT2D eigenvalue weighted by atomic mass is 9.74. The summed E-state index contributed by atoms with van der Waals surface area (Å²) in [6, 6.07) is 9.01. The van der Waals surface area contributed by atoms with E-state index in [1.54, 1.807) is 6.92 Å². The number of carboxylic acid groups (broad SMARTS) is 1. The number of tetrazole rings is 1. The first kappa shape index (κ1) is 19.0. The summed E-state index contributed by atoms with van der Waals surface area (Å²) < 4.78 is 1.50. The Morgan fingerprint density at radius 3 is 2.52 bits per heavy atom. The molecule has 1 aliphatic rings. The maximum atomic E-state index is 13.0. The quantitative estimate of drug-likeness (QED) is 0.769. The van der Waals surface area contributed by atoms with Gasteiger partial charge < -0.3 is 10.4 Å². The van der Waals surface area contributed by atoms with Crippen molar-refractivity contribution in [1.29, 1.82) is 0 Å². The van der Waals surface area contributed by atoms with Gasteiger partial charge in [0.15, 0.2) is 0 Å². The smallest absolute Gasteiger partial charge is 0.311 e. The van der Waals surface area contributed by atoms with Crippen LogP contribution >= 0.6 is 0 Å². The number of hydrogen-bond acceptors (Lipinski definition) is 5. The van der Waals surface area contributed by atoms with E-state index in [4.69, 9.17) is 0 Å². The van der Waals surface area contributed by atoms with Gasteiger partial charge >= 0.3 is 5.97 Å². The van der Waals surface area contributed by atoms with E-state index in [0.717, 1.165) is 24.8 Å². The molecule has 0 saturated heterocycles. The zero-order chi connectivity index (χ0) is 19.3. The van der Waals surface area contributed by atoms with Crippen LogP contribution in [0.4, 0.5) is 0 Å². The van der Waals surface area contributed by atoms with Crippen LogP contribution in [0.15, 0.2) is 30.3 Å². The lowest BCUT2D eigenvalue weighted by molar-refractivity contribution is -0.151. The second kappa shape index (κ2) is 8.28. The topological polar surface area (TPSA) is 110 Å². The number of carbonyl (C=O) groups is 2. The number of carboxylic acids is 1. The molecule has 1 atom stereocenters. The Bertz CT molecular complexity index is 784. The summed E-state index contributed by atoms with van der Waals surface area (Å²) in [7, 11) is 0. The minimum Gasteiger partial charge on any atom is -0.481 e. The van der Waals surface area contributed by atoms with Crippen LogP contribution in [-0.4, -0.2) is 43.7 Å². The third-order valence-corrected chi connectivity index (χ3v) is 5.39. The van der Waals surface area contributed by atoms with Gasteiger partial charge in [0, 0.05) is 13.0 Å². The molecule has 1 heterocycles. The van der Waals surface area contributed by atoms with Gasteiger partial charge in [0.05, 0.1) is 5.41 Å². The van der Waals surface area contributed by atoms with Crippen LogP contribution in [0.3, 0.4) is 0 Å². The first-order valence-electron chi connectivity index (χ1n) is 9.31. The Balaban J connectivity index is 1.76. The molecule has 1 unspecified atom stereocenters. The number of nitrogens with zero attached hydrogens (tertiary/aromatic N) is 4. The number of aliphatic carboxylic acids is 1. The fourth-order valence-corrected chi connectivity index (χ4v) is 3.72. The molecule has 2 N–H and O–H groups in total. The number of aromatic nitrogens is 4. The molecule has 0 aliphatic heterocycles. The largest absolute Gasteiger partial charge is 0.481 e. The third-order valence-electron chi connectivity index (χ3n) is 5.39. The molecule has 1 aromatic heterocycles. The molecule has 2 aromatic rings. The molecule has 144 valence electrons. The molecule has 0 bridgehead atoms. The highest BCUT2D eigenvalue weighted by molar-refractivity contribution is 5.82. The van der Waals surface area contributed by atoms with Crippen LogP contribution in [0.2, 0.25) is 0 Å². The Hall–Kier alpha value is -2.77. The third kappa shape index (κ3) is 4.32. The van der Waals surface area contributed by atoms with E-state index in [9.17, 15) is 14.7 Å². The SMILES string of the molecule is Cc1nnnn1C(Cc1ccccc1)C(=O)NCC1(C(=O)O)CCCCC1. The molecule has 1 fully saturated rings. The maximum absolute atomic E-state index is 13.0. The molecular formula is C19H25N5O3. The van der Waals surface area contributed by atoms with Gasteiger partial charge in [-0.25, -0.2) is 4.68 Å². The number of carbonyl (C=O) groups excluding carboxylic acids is 1. The van der Waals surface area contributed by atoms with Crippen molar-refractivity contribution in [1.82, 2.24) is 25.5 Å². The minimum absolute atomic E-state index is 0.133. The van der Waals surface area contributed by atoms with Gasteiger partial charge in [0.2, 0.25) is 5.91 Å². The van der Waals surface area contributed by atoms with Crippen LogP contribution in [0.25, 0.3) is 0 Å². The van der Waals surface area contributed by atoms with Gasteiger partial charge in [-0.3, -0.25) is 9.59 Å². The zero-order valence-corrected chi connectivity index (χ0v) is 15.5. The van der Waals surface area contributed by atoms with Crippen LogP contribution in [0.5, 0.6) is 0 Å². The number of benzene rings is 1. The standard InChI is InChI=1S/C19H25N5O3/c1-14-21-22-23-24(14)16(12-15-8-4-2-5-9-15)17(25)20-13-19(18(26)27)10-6-3-7-11-19/h2,4-5,8-9,16H,3,6-7,10-13H2,1H3,(H,20,25)(H,26,27). The fraction of sp³-hybridized carbons (Fsp3) is 0.526. The van der Waals surface area contributed by atoms with Crippen LogP contribution in [0.1, 0.15) is 49.5 Å². The molecule has 1 aromatic carbocycles. The second-order valence-electron chi connectivity index (χ2n) is 7.24. The van der Waals surface area contributed by atoms with E-state index in [0.29, 0.717) is 25.1 Å². The molecule has 1 aliphatic carbocycles. The van der Waals surface area contributed by atoms with Crippen molar-refractivity contribution in [2.75, 3.05) is 6.54 Å². The van der Waals surface area contributed by atoms with Crippen molar-refractivity contribution in [3.8, 4) is 0 Å². The monoisotopic (exact) mass is 371 g/mol. The number of nitrogens with one attached hydrogen (secondary N) is 1. The molecule has 8 nitrogen and oxygen atoms in total.